The number of morpholine rings is 1. The van der Waals surface area contributed by atoms with E-state index < -0.39 is 53.7 Å². The van der Waals surface area contributed by atoms with Gasteiger partial charge < -0.3 is 19.7 Å². The third-order valence-electron chi connectivity index (χ3n) is 6.31. The fourth-order valence-corrected chi connectivity index (χ4v) is 4.20. The summed E-state index contributed by atoms with van der Waals surface area (Å²) in [6.45, 7) is 3.60. The molecule has 0 amide bonds. The number of hydrogen-bond donors (Lipinski definition) is 2. The van der Waals surface area contributed by atoms with Crippen LogP contribution in [-0.2, 0) is 15.7 Å². The second-order valence-electron chi connectivity index (χ2n) is 8.93. The zero-order valence-corrected chi connectivity index (χ0v) is 19.8. The lowest BCUT2D eigenvalue weighted by molar-refractivity contribution is -0.290. The summed E-state index contributed by atoms with van der Waals surface area (Å²) in [7, 11) is 0. The summed E-state index contributed by atoms with van der Waals surface area (Å²) in [6.07, 6.45) is -8.93. The zero-order valence-electron chi connectivity index (χ0n) is 19.8. The molecular weight excluding hydrogens is 499 g/mol. The van der Waals surface area contributed by atoms with Crippen molar-refractivity contribution in [1.82, 2.24) is 9.80 Å². The van der Waals surface area contributed by atoms with E-state index in [2.05, 4.69) is 16.7 Å². The number of alkyl halides is 3. The van der Waals surface area contributed by atoms with E-state index in [1.54, 1.807) is 0 Å². The number of ether oxygens (including phenoxy) is 2. The smallest absolute Gasteiger partial charge is 0.383 e. The Morgan fingerprint density at radius 2 is 1.68 bits per heavy atom. The first-order valence-electron chi connectivity index (χ1n) is 11.8. The van der Waals surface area contributed by atoms with Crippen molar-refractivity contribution >= 4 is 0 Å². The second kappa shape index (κ2) is 11.9. The lowest BCUT2D eigenvalue weighted by Gasteiger charge is -2.41. The van der Waals surface area contributed by atoms with Gasteiger partial charge in [-0.1, -0.05) is 24.0 Å². The maximum absolute atomic E-state index is 13.8. The first-order valence-corrected chi connectivity index (χ1v) is 11.8. The third-order valence-corrected chi connectivity index (χ3v) is 6.31. The van der Waals surface area contributed by atoms with Crippen LogP contribution in [0.25, 0.3) is 0 Å². The Kier molecular flexibility index (Phi) is 8.79. The highest BCUT2D eigenvalue weighted by Gasteiger charge is 2.38. The van der Waals surface area contributed by atoms with Crippen LogP contribution in [0.3, 0.4) is 0 Å². The van der Waals surface area contributed by atoms with Crippen LogP contribution in [0, 0.1) is 23.5 Å². The molecule has 11 heteroatoms. The monoisotopic (exact) mass is 526 g/mol. The van der Waals surface area contributed by atoms with E-state index in [0.717, 1.165) is 19.5 Å². The van der Waals surface area contributed by atoms with E-state index in [1.165, 1.54) is 24.3 Å². The van der Waals surface area contributed by atoms with Crippen LogP contribution in [0.2, 0.25) is 0 Å². The first-order chi connectivity index (χ1) is 17.6. The van der Waals surface area contributed by atoms with Gasteiger partial charge in [0, 0.05) is 19.6 Å². The largest absolute Gasteiger partial charge is 0.416 e. The molecule has 0 radical (unpaired) electrons. The van der Waals surface area contributed by atoms with Gasteiger partial charge in [-0.3, -0.25) is 9.80 Å². The van der Waals surface area contributed by atoms with Gasteiger partial charge in [-0.15, -0.1) is 0 Å². The van der Waals surface area contributed by atoms with Gasteiger partial charge in [0.25, 0.3) is 0 Å². The van der Waals surface area contributed by atoms with Gasteiger partial charge in [-0.05, 0) is 47.9 Å². The molecule has 2 aliphatic heterocycles. The SMILES string of the molecule is OC(c1cc(F)cc(C(F)(F)F)c1)[C@@H](O)O[C@H]1OCCN(CC#CCN2CCC2)[C@H]1c1ccc(F)cc1. The molecule has 0 spiro atoms. The molecule has 0 bridgehead atoms. The van der Waals surface area contributed by atoms with Crippen LogP contribution in [0.1, 0.15) is 35.3 Å². The number of nitrogens with zero attached hydrogens (tertiary/aromatic N) is 2. The Morgan fingerprint density at radius 1 is 0.973 bits per heavy atom. The van der Waals surface area contributed by atoms with Crippen molar-refractivity contribution in [3.63, 3.8) is 0 Å². The standard InChI is InChI=1S/C26H27F5N2O4/c27-20-6-4-17(5-7-20)22-25(36-13-12-33(22)11-2-1-8-32-9-3-10-32)37-24(35)23(34)18-14-19(26(29,30)31)16-21(28)15-18/h4-7,14-16,22-25,34-35H,3,8-13H2/t22-,23?,24-,25+/m0/s1. The molecule has 4 atom stereocenters. The van der Waals surface area contributed by atoms with Gasteiger partial charge in [0.15, 0.2) is 12.6 Å². The summed E-state index contributed by atoms with van der Waals surface area (Å²) in [4.78, 5) is 4.11. The van der Waals surface area contributed by atoms with Crippen molar-refractivity contribution in [3.05, 3.63) is 70.8 Å². The Labute approximate surface area is 211 Å². The van der Waals surface area contributed by atoms with Gasteiger partial charge in [0.1, 0.15) is 17.7 Å². The lowest BCUT2D eigenvalue weighted by Crippen LogP contribution is -2.48. The molecule has 4 rings (SSSR count). The van der Waals surface area contributed by atoms with Crippen LogP contribution < -0.4 is 0 Å². The Hall–Kier alpha value is -2.59. The van der Waals surface area contributed by atoms with E-state index in [0.29, 0.717) is 43.4 Å². The van der Waals surface area contributed by atoms with E-state index in [-0.39, 0.29) is 6.61 Å². The molecule has 2 aromatic carbocycles. The Balaban J connectivity index is 1.52. The van der Waals surface area contributed by atoms with Crippen LogP contribution in [0.15, 0.2) is 42.5 Å². The third kappa shape index (κ3) is 7.04. The van der Waals surface area contributed by atoms with Crippen LogP contribution in [0.5, 0.6) is 0 Å². The van der Waals surface area contributed by atoms with Crippen LogP contribution >= 0.6 is 0 Å². The van der Waals surface area contributed by atoms with E-state index in [1.807, 2.05) is 4.90 Å². The molecule has 6 nitrogen and oxygen atoms in total. The van der Waals surface area contributed by atoms with Crippen molar-refractivity contribution in [2.75, 3.05) is 39.3 Å². The normalized spacial score (nSPS) is 22.6. The summed E-state index contributed by atoms with van der Waals surface area (Å²) < 4.78 is 77.9. The predicted molar refractivity (Wildman–Crippen MR) is 123 cm³/mol. The summed E-state index contributed by atoms with van der Waals surface area (Å²) in [5.74, 6) is 4.53. The van der Waals surface area contributed by atoms with Crippen molar-refractivity contribution < 1.29 is 41.6 Å². The number of halogens is 5. The molecule has 0 saturated carbocycles. The van der Waals surface area contributed by atoms with Gasteiger partial charge in [-0.2, -0.15) is 13.2 Å². The molecule has 2 aliphatic rings. The number of aliphatic hydroxyl groups is 2. The number of benzene rings is 2. The molecule has 37 heavy (non-hydrogen) atoms. The van der Waals surface area contributed by atoms with Crippen molar-refractivity contribution in [2.24, 2.45) is 0 Å². The number of likely N-dealkylation sites (tertiary alicyclic amines) is 1. The molecule has 1 unspecified atom stereocenters. The predicted octanol–water partition coefficient (Wildman–Crippen LogP) is 3.46. The Morgan fingerprint density at radius 3 is 2.32 bits per heavy atom. The molecule has 2 N–H and O–H groups in total. The van der Waals surface area contributed by atoms with E-state index in [4.69, 9.17) is 9.47 Å². The minimum Gasteiger partial charge on any atom is -0.383 e. The fourth-order valence-electron chi connectivity index (χ4n) is 4.20. The van der Waals surface area contributed by atoms with E-state index in [9.17, 15) is 32.2 Å². The van der Waals surface area contributed by atoms with E-state index >= 15 is 0 Å². The molecule has 2 fully saturated rings. The molecule has 0 aliphatic carbocycles. The number of hydrogen-bond acceptors (Lipinski definition) is 6. The number of rotatable bonds is 7. The average molecular weight is 527 g/mol. The maximum atomic E-state index is 13.8. The van der Waals surface area contributed by atoms with Gasteiger partial charge >= 0.3 is 6.18 Å². The summed E-state index contributed by atoms with van der Waals surface area (Å²) in [5, 5.41) is 21.0. The molecule has 2 saturated heterocycles. The molecule has 200 valence electrons. The molecule has 2 aromatic rings. The van der Waals surface area contributed by atoms with Gasteiger partial charge in [0.2, 0.25) is 0 Å². The van der Waals surface area contributed by atoms with Crippen LogP contribution in [-0.4, -0.2) is 71.9 Å². The summed E-state index contributed by atoms with van der Waals surface area (Å²) in [6, 6.07) is 6.40. The molecule has 2 heterocycles. The van der Waals surface area contributed by atoms with Crippen molar-refractivity contribution in [3.8, 4) is 11.8 Å². The zero-order chi connectivity index (χ0) is 26.6. The van der Waals surface area contributed by atoms with Gasteiger partial charge in [0.05, 0.1) is 31.3 Å². The summed E-state index contributed by atoms with van der Waals surface area (Å²) in [5.41, 5.74) is -1.24. The van der Waals surface area contributed by atoms with Crippen molar-refractivity contribution in [1.29, 1.82) is 0 Å². The number of aliphatic hydroxyl groups excluding tert-OH is 2. The average Bonchev–Trinajstić information content (AvgIpc) is 2.82. The topological polar surface area (TPSA) is 65.4 Å². The minimum atomic E-state index is -4.85. The first kappa shape index (κ1) is 27.4. The minimum absolute atomic E-state index is 0.178. The molecular formula is C26H27F5N2O4. The quantitative estimate of drug-likeness (QED) is 0.328. The second-order valence-corrected chi connectivity index (χ2v) is 8.93. The fraction of sp³-hybridized carbons (Fsp3) is 0.462. The van der Waals surface area contributed by atoms with Crippen molar-refractivity contribution in [2.45, 2.75) is 37.3 Å². The summed E-state index contributed by atoms with van der Waals surface area (Å²) >= 11 is 0. The van der Waals surface area contributed by atoms with Gasteiger partial charge in [-0.25, -0.2) is 8.78 Å². The highest BCUT2D eigenvalue weighted by Crippen LogP contribution is 2.35. The van der Waals surface area contributed by atoms with Crippen LogP contribution in [0.4, 0.5) is 22.0 Å². The highest BCUT2D eigenvalue weighted by atomic mass is 19.4. The maximum Gasteiger partial charge on any atom is 0.416 e. The molecule has 0 aromatic heterocycles. The Bertz CT molecular complexity index is 1110. The lowest BCUT2D eigenvalue weighted by atomic mass is 10.0. The highest BCUT2D eigenvalue weighted by molar-refractivity contribution is 5.29.